The first-order valence-electron chi connectivity index (χ1n) is 6.71. The molecule has 0 amide bonds. The predicted octanol–water partition coefficient (Wildman–Crippen LogP) is 3.32. The van der Waals surface area contributed by atoms with Crippen LogP contribution in [0.15, 0.2) is 24.3 Å². The van der Waals surface area contributed by atoms with Crippen molar-refractivity contribution in [2.75, 3.05) is 25.6 Å². The molecule has 1 aromatic carbocycles. The quantitative estimate of drug-likeness (QED) is 0.792. The van der Waals surface area contributed by atoms with Gasteiger partial charge >= 0.3 is 0 Å². The molecule has 4 heteroatoms. The lowest BCUT2D eigenvalue weighted by Gasteiger charge is -2.27. The number of hydrogen-bond acceptors (Lipinski definition) is 3. The van der Waals surface area contributed by atoms with E-state index in [1.54, 1.807) is 12.1 Å². The second-order valence-electron chi connectivity index (χ2n) is 4.85. The van der Waals surface area contributed by atoms with E-state index in [4.69, 9.17) is 0 Å². The van der Waals surface area contributed by atoms with Crippen LogP contribution in [0, 0.1) is 5.82 Å². The molecular formula is C15H24FNOS. The Balaban J connectivity index is 2.44. The molecule has 2 atom stereocenters. The van der Waals surface area contributed by atoms with Crippen LogP contribution in [-0.4, -0.2) is 41.6 Å². The second-order valence-corrected chi connectivity index (χ2v) is 5.76. The zero-order valence-corrected chi connectivity index (χ0v) is 12.8. The van der Waals surface area contributed by atoms with Crippen molar-refractivity contribution in [1.82, 2.24) is 4.90 Å². The summed E-state index contributed by atoms with van der Waals surface area (Å²) in [6.07, 6.45) is 3.38. The van der Waals surface area contributed by atoms with Crippen molar-refractivity contribution in [3.05, 3.63) is 35.6 Å². The van der Waals surface area contributed by atoms with Crippen molar-refractivity contribution < 1.29 is 9.50 Å². The molecule has 0 saturated carbocycles. The average molecular weight is 285 g/mol. The molecule has 1 rings (SSSR count). The third-order valence-electron chi connectivity index (χ3n) is 3.46. The molecule has 0 aliphatic rings. The summed E-state index contributed by atoms with van der Waals surface area (Å²) < 4.78 is 12.8. The Kier molecular flexibility index (Phi) is 7.42. The number of aliphatic hydroxyl groups excluding tert-OH is 1. The number of thioether (sulfide) groups is 1. The monoisotopic (exact) mass is 285 g/mol. The highest BCUT2D eigenvalue weighted by Gasteiger charge is 2.14. The Morgan fingerprint density at radius 3 is 2.47 bits per heavy atom. The van der Waals surface area contributed by atoms with E-state index in [9.17, 15) is 9.50 Å². The van der Waals surface area contributed by atoms with Crippen LogP contribution in [0.5, 0.6) is 0 Å². The van der Waals surface area contributed by atoms with Crippen LogP contribution in [-0.2, 0) is 0 Å². The normalized spacial score (nSPS) is 14.6. The summed E-state index contributed by atoms with van der Waals surface area (Å²) in [4.78, 5) is 2.29. The fourth-order valence-electron chi connectivity index (χ4n) is 2.11. The van der Waals surface area contributed by atoms with Crippen LogP contribution in [0.3, 0.4) is 0 Å². The van der Waals surface area contributed by atoms with Gasteiger partial charge in [0.05, 0.1) is 6.10 Å². The van der Waals surface area contributed by atoms with Gasteiger partial charge in [0.2, 0.25) is 0 Å². The van der Waals surface area contributed by atoms with Gasteiger partial charge in [-0.25, -0.2) is 4.39 Å². The van der Waals surface area contributed by atoms with Gasteiger partial charge in [-0.1, -0.05) is 19.1 Å². The number of halogens is 1. The maximum absolute atomic E-state index is 12.8. The Hall–Kier alpha value is -0.580. The van der Waals surface area contributed by atoms with E-state index in [1.165, 1.54) is 12.1 Å². The summed E-state index contributed by atoms with van der Waals surface area (Å²) in [5.41, 5.74) is 0.785. The SMILES string of the molecule is CCC(CSC)N(C)CCC(O)c1ccc(F)cc1. The molecule has 108 valence electrons. The van der Waals surface area contributed by atoms with Crippen molar-refractivity contribution in [2.24, 2.45) is 0 Å². The average Bonchev–Trinajstić information content (AvgIpc) is 2.42. The first kappa shape index (κ1) is 16.5. The van der Waals surface area contributed by atoms with E-state index in [0.717, 1.165) is 24.3 Å². The Morgan fingerprint density at radius 2 is 1.95 bits per heavy atom. The molecule has 0 aromatic heterocycles. The Labute approximate surface area is 120 Å². The molecule has 2 unspecified atom stereocenters. The smallest absolute Gasteiger partial charge is 0.123 e. The lowest BCUT2D eigenvalue weighted by molar-refractivity contribution is 0.139. The van der Waals surface area contributed by atoms with Gasteiger partial charge in [-0.3, -0.25) is 0 Å². The van der Waals surface area contributed by atoms with Crippen LogP contribution in [0.2, 0.25) is 0 Å². The van der Waals surface area contributed by atoms with Gasteiger partial charge in [0.1, 0.15) is 5.82 Å². The first-order valence-corrected chi connectivity index (χ1v) is 8.10. The number of aliphatic hydroxyl groups is 1. The van der Waals surface area contributed by atoms with Gasteiger partial charge < -0.3 is 10.0 Å². The first-order chi connectivity index (χ1) is 9.08. The highest BCUT2D eigenvalue weighted by Crippen LogP contribution is 2.18. The number of benzene rings is 1. The predicted molar refractivity (Wildman–Crippen MR) is 81.1 cm³/mol. The van der Waals surface area contributed by atoms with Crippen LogP contribution in [0.4, 0.5) is 4.39 Å². The maximum Gasteiger partial charge on any atom is 0.123 e. The van der Waals surface area contributed by atoms with Gasteiger partial charge in [0.25, 0.3) is 0 Å². The highest BCUT2D eigenvalue weighted by atomic mass is 32.2. The van der Waals surface area contributed by atoms with Crippen LogP contribution < -0.4 is 0 Å². The molecule has 2 nitrogen and oxygen atoms in total. The van der Waals surface area contributed by atoms with Gasteiger partial charge in [0.15, 0.2) is 0 Å². The summed E-state index contributed by atoms with van der Waals surface area (Å²) >= 11 is 1.85. The zero-order valence-electron chi connectivity index (χ0n) is 12.0. The summed E-state index contributed by atoms with van der Waals surface area (Å²) in [6, 6.07) is 6.64. The molecule has 0 heterocycles. The van der Waals surface area contributed by atoms with Crippen molar-refractivity contribution >= 4 is 11.8 Å². The van der Waals surface area contributed by atoms with Crippen LogP contribution >= 0.6 is 11.8 Å². The van der Waals surface area contributed by atoms with Crippen molar-refractivity contribution in [1.29, 1.82) is 0 Å². The standard InChI is InChI=1S/C15H24FNOS/c1-4-14(11-19-3)17(2)10-9-15(18)12-5-7-13(16)8-6-12/h5-8,14-15,18H,4,9-11H2,1-3H3. The van der Waals surface area contributed by atoms with Crippen molar-refractivity contribution in [2.45, 2.75) is 31.9 Å². The van der Waals surface area contributed by atoms with Gasteiger partial charge in [-0.15, -0.1) is 0 Å². The molecule has 0 aliphatic heterocycles. The van der Waals surface area contributed by atoms with E-state index in [0.29, 0.717) is 12.5 Å². The molecule has 0 spiro atoms. The molecule has 0 radical (unpaired) electrons. The minimum absolute atomic E-state index is 0.265. The van der Waals surface area contributed by atoms with Gasteiger partial charge in [-0.05, 0) is 43.8 Å². The summed E-state index contributed by atoms with van der Waals surface area (Å²) in [6.45, 7) is 3.03. The molecule has 1 N–H and O–H groups in total. The number of hydrogen-bond donors (Lipinski definition) is 1. The zero-order chi connectivity index (χ0) is 14.3. The molecule has 0 bridgehead atoms. The molecule has 0 saturated heterocycles. The largest absolute Gasteiger partial charge is 0.388 e. The summed E-state index contributed by atoms with van der Waals surface area (Å²) in [7, 11) is 2.10. The highest BCUT2D eigenvalue weighted by molar-refractivity contribution is 7.98. The fraction of sp³-hybridized carbons (Fsp3) is 0.600. The van der Waals surface area contributed by atoms with Gasteiger partial charge in [0, 0.05) is 18.3 Å². The fourth-order valence-corrected chi connectivity index (χ4v) is 2.98. The molecule has 1 aromatic rings. The number of nitrogens with zero attached hydrogens (tertiary/aromatic N) is 1. The van der Waals surface area contributed by atoms with Crippen molar-refractivity contribution in [3.63, 3.8) is 0 Å². The molecular weight excluding hydrogens is 261 g/mol. The lowest BCUT2D eigenvalue weighted by atomic mass is 10.1. The van der Waals surface area contributed by atoms with E-state index >= 15 is 0 Å². The third kappa shape index (κ3) is 5.51. The number of rotatable bonds is 8. The lowest BCUT2D eigenvalue weighted by Crippen LogP contribution is -2.34. The van der Waals surface area contributed by atoms with E-state index in [1.807, 2.05) is 11.8 Å². The van der Waals surface area contributed by atoms with E-state index in [-0.39, 0.29) is 5.82 Å². The molecule has 0 fully saturated rings. The Morgan fingerprint density at radius 1 is 1.32 bits per heavy atom. The minimum atomic E-state index is -0.519. The third-order valence-corrected chi connectivity index (χ3v) is 4.18. The summed E-state index contributed by atoms with van der Waals surface area (Å²) in [5.74, 6) is 0.846. The van der Waals surface area contributed by atoms with Crippen molar-refractivity contribution in [3.8, 4) is 0 Å². The molecule has 0 aliphatic carbocycles. The molecule has 19 heavy (non-hydrogen) atoms. The van der Waals surface area contributed by atoms with Crippen LogP contribution in [0.25, 0.3) is 0 Å². The van der Waals surface area contributed by atoms with Gasteiger partial charge in [-0.2, -0.15) is 11.8 Å². The van der Waals surface area contributed by atoms with E-state index < -0.39 is 6.10 Å². The topological polar surface area (TPSA) is 23.5 Å². The second kappa shape index (κ2) is 8.56. The maximum atomic E-state index is 12.8. The minimum Gasteiger partial charge on any atom is -0.388 e. The van der Waals surface area contributed by atoms with E-state index in [2.05, 4.69) is 25.1 Å². The summed E-state index contributed by atoms with van der Waals surface area (Å²) in [5, 5.41) is 10.1. The van der Waals surface area contributed by atoms with Crippen LogP contribution in [0.1, 0.15) is 31.4 Å². The Bertz CT molecular complexity index is 358.